The zero-order chi connectivity index (χ0) is 20.8. The summed E-state index contributed by atoms with van der Waals surface area (Å²) in [5.74, 6) is -1.20. The molecule has 0 aliphatic heterocycles. The van der Waals surface area contributed by atoms with Crippen LogP contribution in [-0.2, 0) is 20.7 Å². The van der Waals surface area contributed by atoms with E-state index in [9.17, 15) is 19.2 Å². The highest BCUT2D eigenvalue weighted by molar-refractivity contribution is 5.99. The summed E-state index contributed by atoms with van der Waals surface area (Å²) in [4.78, 5) is 54.7. The Kier molecular flexibility index (Phi) is 6.64. The number of hydrogen-bond acceptors (Lipinski definition) is 7. The number of methoxy groups -OCH3 is 2. The van der Waals surface area contributed by atoms with Crippen molar-refractivity contribution in [1.82, 2.24) is 9.97 Å². The maximum Gasteiger partial charge on any atom is 0.337 e. The topological polar surface area (TPSA) is 127 Å². The zero-order valence-corrected chi connectivity index (χ0v) is 16.0. The van der Waals surface area contributed by atoms with E-state index in [4.69, 9.17) is 0 Å². The maximum absolute atomic E-state index is 12.3. The SMILES string of the molecule is COC(=O)c1cc(NC(=O)CCc2c(C)nc(C)[nH]c2=O)cc(C(=O)OC)c1. The van der Waals surface area contributed by atoms with E-state index in [-0.39, 0.29) is 35.2 Å². The van der Waals surface area contributed by atoms with Gasteiger partial charge in [0.05, 0.1) is 25.3 Å². The molecule has 28 heavy (non-hydrogen) atoms. The lowest BCUT2D eigenvalue weighted by atomic mass is 10.1. The first-order valence-corrected chi connectivity index (χ1v) is 8.43. The molecule has 0 saturated carbocycles. The number of benzene rings is 1. The fraction of sp³-hybridized carbons (Fsp3) is 0.316. The second kappa shape index (κ2) is 8.94. The van der Waals surface area contributed by atoms with Gasteiger partial charge in [-0.3, -0.25) is 9.59 Å². The van der Waals surface area contributed by atoms with Crippen LogP contribution in [0.4, 0.5) is 5.69 Å². The molecule has 148 valence electrons. The fourth-order valence-corrected chi connectivity index (χ4v) is 2.68. The highest BCUT2D eigenvalue weighted by Crippen LogP contribution is 2.17. The first-order valence-electron chi connectivity index (χ1n) is 8.43. The van der Waals surface area contributed by atoms with Gasteiger partial charge in [-0.15, -0.1) is 0 Å². The van der Waals surface area contributed by atoms with Gasteiger partial charge in [0.2, 0.25) is 5.91 Å². The highest BCUT2D eigenvalue weighted by Gasteiger charge is 2.15. The number of hydrogen-bond donors (Lipinski definition) is 2. The Labute approximate surface area is 161 Å². The summed E-state index contributed by atoms with van der Waals surface area (Å²) in [7, 11) is 2.42. The van der Waals surface area contributed by atoms with Crippen LogP contribution in [0.25, 0.3) is 0 Å². The third kappa shape index (κ3) is 5.03. The summed E-state index contributed by atoms with van der Waals surface area (Å²) in [6, 6.07) is 4.09. The Morgan fingerprint density at radius 2 is 1.61 bits per heavy atom. The number of H-pyrrole nitrogens is 1. The van der Waals surface area contributed by atoms with Crippen LogP contribution in [0.15, 0.2) is 23.0 Å². The van der Waals surface area contributed by atoms with Gasteiger partial charge in [-0.1, -0.05) is 0 Å². The molecule has 2 N–H and O–H groups in total. The van der Waals surface area contributed by atoms with Crippen molar-refractivity contribution in [3.05, 3.63) is 56.8 Å². The number of aryl methyl sites for hydroxylation is 2. The van der Waals surface area contributed by atoms with Crippen LogP contribution >= 0.6 is 0 Å². The predicted molar refractivity (Wildman–Crippen MR) is 100 cm³/mol. The average Bonchev–Trinajstić information content (AvgIpc) is 2.65. The second-order valence-corrected chi connectivity index (χ2v) is 6.05. The van der Waals surface area contributed by atoms with Crippen LogP contribution in [0, 0.1) is 13.8 Å². The van der Waals surface area contributed by atoms with Crippen LogP contribution in [0.1, 0.15) is 44.2 Å². The first kappa shape index (κ1) is 20.8. The van der Waals surface area contributed by atoms with Gasteiger partial charge >= 0.3 is 11.9 Å². The summed E-state index contributed by atoms with van der Waals surface area (Å²) in [6.45, 7) is 3.38. The summed E-state index contributed by atoms with van der Waals surface area (Å²) >= 11 is 0. The van der Waals surface area contributed by atoms with Crippen molar-refractivity contribution in [1.29, 1.82) is 0 Å². The molecule has 0 spiro atoms. The minimum absolute atomic E-state index is 0.0185. The van der Waals surface area contributed by atoms with E-state index in [0.29, 0.717) is 17.1 Å². The smallest absolute Gasteiger partial charge is 0.337 e. The minimum atomic E-state index is -0.658. The van der Waals surface area contributed by atoms with Crippen molar-refractivity contribution >= 4 is 23.5 Å². The van der Waals surface area contributed by atoms with E-state index < -0.39 is 17.8 Å². The largest absolute Gasteiger partial charge is 0.465 e. The van der Waals surface area contributed by atoms with E-state index in [2.05, 4.69) is 24.8 Å². The van der Waals surface area contributed by atoms with Gasteiger partial charge < -0.3 is 19.8 Å². The Hall–Kier alpha value is -3.49. The molecule has 9 heteroatoms. The number of nitrogens with zero attached hydrogens (tertiary/aromatic N) is 1. The van der Waals surface area contributed by atoms with E-state index in [1.807, 2.05) is 0 Å². The van der Waals surface area contributed by atoms with Gasteiger partial charge in [0.25, 0.3) is 5.56 Å². The summed E-state index contributed by atoms with van der Waals surface area (Å²) < 4.78 is 9.31. The Bertz CT molecular complexity index is 946. The number of ether oxygens (including phenoxy) is 2. The van der Waals surface area contributed by atoms with Crippen molar-refractivity contribution in [2.24, 2.45) is 0 Å². The molecular weight excluding hydrogens is 366 g/mol. The third-order valence-electron chi connectivity index (χ3n) is 4.00. The quantitative estimate of drug-likeness (QED) is 0.720. The summed E-state index contributed by atoms with van der Waals surface area (Å²) in [5.41, 5.74) is 1.14. The molecule has 0 atom stereocenters. The molecule has 0 fully saturated rings. The maximum atomic E-state index is 12.3. The molecule has 1 amide bonds. The minimum Gasteiger partial charge on any atom is -0.465 e. The standard InChI is InChI=1S/C19H21N3O6/c1-10-15(17(24)21-11(2)20-10)5-6-16(23)22-14-8-12(18(25)27-3)7-13(9-14)19(26)28-4/h7-9H,5-6H2,1-4H3,(H,22,23)(H,20,21,24). The van der Waals surface area contributed by atoms with Crippen molar-refractivity contribution < 1.29 is 23.9 Å². The molecule has 0 radical (unpaired) electrons. The molecule has 0 saturated heterocycles. The third-order valence-corrected chi connectivity index (χ3v) is 4.00. The van der Waals surface area contributed by atoms with Gasteiger partial charge in [0, 0.05) is 23.4 Å². The van der Waals surface area contributed by atoms with E-state index in [1.54, 1.807) is 13.8 Å². The van der Waals surface area contributed by atoms with Crippen molar-refractivity contribution in [3.8, 4) is 0 Å². The van der Waals surface area contributed by atoms with Crippen molar-refractivity contribution in [2.75, 3.05) is 19.5 Å². The normalized spacial score (nSPS) is 10.3. The number of carbonyl (C=O) groups excluding carboxylic acids is 3. The molecule has 1 aromatic carbocycles. The molecule has 2 rings (SSSR count). The number of esters is 2. The molecule has 1 aromatic heterocycles. The number of amides is 1. The van der Waals surface area contributed by atoms with Gasteiger partial charge in [-0.25, -0.2) is 14.6 Å². The Balaban J connectivity index is 2.18. The first-order chi connectivity index (χ1) is 13.2. The van der Waals surface area contributed by atoms with E-state index in [1.165, 1.54) is 32.4 Å². The molecule has 0 aliphatic carbocycles. The molecule has 9 nitrogen and oxygen atoms in total. The van der Waals surface area contributed by atoms with Gasteiger partial charge in [0.15, 0.2) is 0 Å². The van der Waals surface area contributed by atoms with Gasteiger partial charge in [-0.05, 0) is 38.5 Å². The monoisotopic (exact) mass is 387 g/mol. The summed E-state index contributed by atoms with van der Waals surface area (Å²) in [6.07, 6.45) is 0.214. The van der Waals surface area contributed by atoms with Crippen molar-refractivity contribution in [3.63, 3.8) is 0 Å². The Morgan fingerprint density at radius 3 is 2.11 bits per heavy atom. The molecule has 1 heterocycles. The number of rotatable bonds is 6. The lowest BCUT2D eigenvalue weighted by Gasteiger charge is -2.10. The molecule has 0 unspecified atom stereocenters. The zero-order valence-electron chi connectivity index (χ0n) is 16.0. The number of aromatic amines is 1. The van der Waals surface area contributed by atoms with Crippen LogP contribution < -0.4 is 10.9 Å². The van der Waals surface area contributed by atoms with E-state index in [0.717, 1.165) is 0 Å². The number of anilines is 1. The predicted octanol–water partition coefficient (Wildman–Crippen LogP) is 1.53. The Morgan fingerprint density at radius 1 is 1.04 bits per heavy atom. The fourth-order valence-electron chi connectivity index (χ4n) is 2.68. The highest BCUT2D eigenvalue weighted by atomic mass is 16.5. The lowest BCUT2D eigenvalue weighted by Crippen LogP contribution is -2.20. The molecule has 2 aromatic rings. The van der Waals surface area contributed by atoms with Gasteiger partial charge in [0.1, 0.15) is 5.82 Å². The number of aromatic nitrogens is 2. The van der Waals surface area contributed by atoms with Crippen molar-refractivity contribution in [2.45, 2.75) is 26.7 Å². The van der Waals surface area contributed by atoms with Crippen LogP contribution in [-0.4, -0.2) is 42.0 Å². The molecule has 0 bridgehead atoms. The van der Waals surface area contributed by atoms with Crippen LogP contribution in [0.2, 0.25) is 0 Å². The number of carbonyl (C=O) groups is 3. The second-order valence-electron chi connectivity index (χ2n) is 6.05. The van der Waals surface area contributed by atoms with E-state index >= 15 is 0 Å². The lowest BCUT2D eigenvalue weighted by molar-refractivity contribution is -0.116. The summed E-state index contributed by atoms with van der Waals surface area (Å²) in [5, 5.41) is 2.61. The van der Waals surface area contributed by atoms with Crippen LogP contribution in [0.3, 0.4) is 0 Å². The number of nitrogens with one attached hydrogen (secondary N) is 2. The average molecular weight is 387 g/mol. The molecule has 0 aliphatic rings. The van der Waals surface area contributed by atoms with Crippen LogP contribution in [0.5, 0.6) is 0 Å². The van der Waals surface area contributed by atoms with Gasteiger partial charge in [-0.2, -0.15) is 0 Å². The molecular formula is C19H21N3O6.